The van der Waals surface area contributed by atoms with Crippen molar-refractivity contribution in [3.8, 4) is 5.75 Å². The maximum atomic E-state index is 13.0. The zero-order chi connectivity index (χ0) is 19.3. The van der Waals surface area contributed by atoms with Gasteiger partial charge in [0.25, 0.3) is 0 Å². The van der Waals surface area contributed by atoms with Crippen molar-refractivity contribution in [1.29, 1.82) is 0 Å². The van der Waals surface area contributed by atoms with E-state index in [1.54, 1.807) is 4.90 Å². The van der Waals surface area contributed by atoms with E-state index in [9.17, 15) is 14.0 Å². The molecule has 1 fully saturated rings. The Kier molecular flexibility index (Phi) is 5.65. The third kappa shape index (κ3) is 5.00. The van der Waals surface area contributed by atoms with E-state index in [0.29, 0.717) is 12.3 Å². The summed E-state index contributed by atoms with van der Waals surface area (Å²) in [4.78, 5) is 29.5. The number of benzene rings is 1. The molecule has 0 radical (unpaired) electrons. The van der Waals surface area contributed by atoms with E-state index >= 15 is 0 Å². The quantitative estimate of drug-likeness (QED) is 0.725. The normalized spacial score (nSPS) is 19.7. The molecule has 1 unspecified atom stereocenters. The monoisotopic (exact) mass is 377 g/mol. The van der Waals surface area contributed by atoms with Gasteiger partial charge in [0.05, 0.1) is 19.6 Å². The van der Waals surface area contributed by atoms with Gasteiger partial charge in [-0.25, -0.2) is 14.1 Å². The molecule has 144 valence electrons. The van der Waals surface area contributed by atoms with Gasteiger partial charge in [-0.05, 0) is 24.3 Å². The van der Waals surface area contributed by atoms with Gasteiger partial charge < -0.3 is 20.1 Å². The second-order valence-electron chi connectivity index (χ2n) is 6.33. The molecule has 0 saturated carbocycles. The fourth-order valence-electron chi connectivity index (χ4n) is 2.92. The first kappa shape index (κ1) is 18.8. The Labute approximate surface area is 154 Å². The highest BCUT2D eigenvalue weighted by Crippen LogP contribution is 2.24. The number of carbonyl (C=O) groups is 2. The van der Waals surface area contributed by atoms with Gasteiger partial charge in [0.2, 0.25) is 11.8 Å². The van der Waals surface area contributed by atoms with Crippen LogP contribution in [0, 0.1) is 5.82 Å². The summed E-state index contributed by atoms with van der Waals surface area (Å²) in [6.07, 6.45) is 2.69. The summed E-state index contributed by atoms with van der Waals surface area (Å²) in [6.45, 7) is 0.790. The van der Waals surface area contributed by atoms with Crippen molar-refractivity contribution in [2.75, 3.05) is 26.3 Å². The molecule has 1 atom stereocenters. The molecule has 1 saturated heterocycles. The summed E-state index contributed by atoms with van der Waals surface area (Å²) >= 11 is 0. The standard InChI is InChI=1S/C17H20FN5O4/c18-13-1-3-14(4-2-13)26-10-17(7-15(19)24)9-22(5-6-27-17)16(25)8-23-12-20-11-21-23/h1-4,11-12H,5-10H2,(H2,19,24). The lowest BCUT2D eigenvalue weighted by Crippen LogP contribution is -2.58. The number of hydrogen-bond donors (Lipinski definition) is 1. The molecule has 1 aromatic heterocycles. The lowest BCUT2D eigenvalue weighted by atomic mass is 9.97. The second-order valence-corrected chi connectivity index (χ2v) is 6.33. The number of aromatic nitrogens is 3. The van der Waals surface area contributed by atoms with Crippen molar-refractivity contribution in [3.05, 3.63) is 42.7 Å². The largest absolute Gasteiger partial charge is 0.490 e. The number of morpholine rings is 1. The Morgan fingerprint density at radius 2 is 2.11 bits per heavy atom. The molecule has 1 aliphatic rings. The SMILES string of the molecule is NC(=O)CC1(COc2ccc(F)cc2)CN(C(=O)Cn2cncn2)CCO1. The van der Waals surface area contributed by atoms with Crippen LogP contribution in [0.1, 0.15) is 6.42 Å². The number of rotatable bonds is 7. The van der Waals surface area contributed by atoms with Crippen LogP contribution in [0.3, 0.4) is 0 Å². The molecule has 0 bridgehead atoms. The average Bonchev–Trinajstić information content (AvgIpc) is 3.14. The molecule has 2 amide bonds. The number of primary amides is 1. The summed E-state index contributed by atoms with van der Waals surface area (Å²) in [7, 11) is 0. The topological polar surface area (TPSA) is 113 Å². The Balaban J connectivity index is 1.69. The minimum absolute atomic E-state index is 0.00528. The predicted molar refractivity (Wildman–Crippen MR) is 91.0 cm³/mol. The molecule has 27 heavy (non-hydrogen) atoms. The van der Waals surface area contributed by atoms with Crippen LogP contribution >= 0.6 is 0 Å². The van der Waals surface area contributed by atoms with Gasteiger partial charge >= 0.3 is 0 Å². The summed E-state index contributed by atoms with van der Waals surface area (Å²) in [6, 6.07) is 5.49. The van der Waals surface area contributed by atoms with Crippen molar-refractivity contribution in [2.45, 2.75) is 18.6 Å². The first-order chi connectivity index (χ1) is 13.0. The van der Waals surface area contributed by atoms with Gasteiger partial charge in [-0.15, -0.1) is 0 Å². The van der Waals surface area contributed by atoms with Gasteiger partial charge in [-0.2, -0.15) is 5.10 Å². The molecule has 2 aromatic rings. The summed E-state index contributed by atoms with van der Waals surface area (Å²) in [5, 5.41) is 3.92. The molecular formula is C17H20FN5O4. The molecule has 1 aromatic carbocycles. The van der Waals surface area contributed by atoms with Crippen LogP contribution in [0.4, 0.5) is 4.39 Å². The summed E-state index contributed by atoms with van der Waals surface area (Å²) in [5.41, 5.74) is 4.31. The van der Waals surface area contributed by atoms with Crippen LogP contribution in [0.5, 0.6) is 5.75 Å². The summed E-state index contributed by atoms with van der Waals surface area (Å²) < 4.78 is 25.9. The van der Waals surface area contributed by atoms with Crippen LogP contribution in [-0.4, -0.2) is 63.4 Å². The highest BCUT2D eigenvalue weighted by molar-refractivity contribution is 5.77. The number of hydrogen-bond acceptors (Lipinski definition) is 6. The third-order valence-corrected chi connectivity index (χ3v) is 4.18. The van der Waals surface area contributed by atoms with E-state index in [2.05, 4.69) is 10.1 Å². The highest BCUT2D eigenvalue weighted by atomic mass is 19.1. The average molecular weight is 377 g/mol. The molecule has 2 heterocycles. The van der Waals surface area contributed by atoms with Crippen LogP contribution in [-0.2, 0) is 20.9 Å². The molecular weight excluding hydrogens is 357 g/mol. The molecule has 3 rings (SSSR count). The van der Waals surface area contributed by atoms with E-state index < -0.39 is 11.5 Å². The molecule has 10 heteroatoms. The van der Waals surface area contributed by atoms with Crippen molar-refractivity contribution in [3.63, 3.8) is 0 Å². The molecule has 0 spiro atoms. The Morgan fingerprint density at radius 3 is 2.78 bits per heavy atom. The first-order valence-corrected chi connectivity index (χ1v) is 8.37. The lowest BCUT2D eigenvalue weighted by Gasteiger charge is -2.41. The van der Waals surface area contributed by atoms with Gasteiger partial charge in [0.1, 0.15) is 43.0 Å². The Bertz CT molecular complexity index is 783. The van der Waals surface area contributed by atoms with Gasteiger partial charge in [0, 0.05) is 6.54 Å². The minimum Gasteiger partial charge on any atom is -0.490 e. The summed E-state index contributed by atoms with van der Waals surface area (Å²) in [5.74, 6) is -0.703. The van der Waals surface area contributed by atoms with Crippen molar-refractivity contribution < 1.29 is 23.5 Å². The number of amides is 2. The Morgan fingerprint density at radius 1 is 1.33 bits per heavy atom. The fourth-order valence-corrected chi connectivity index (χ4v) is 2.92. The van der Waals surface area contributed by atoms with Crippen molar-refractivity contribution >= 4 is 11.8 Å². The van der Waals surface area contributed by atoms with Crippen molar-refractivity contribution in [2.24, 2.45) is 5.73 Å². The van der Waals surface area contributed by atoms with E-state index in [-0.39, 0.29) is 44.4 Å². The number of carbonyl (C=O) groups excluding carboxylic acids is 2. The van der Waals surface area contributed by atoms with Crippen LogP contribution < -0.4 is 10.5 Å². The fraction of sp³-hybridized carbons (Fsp3) is 0.412. The maximum Gasteiger partial charge on any atom is 0.244 e. The number of halogens is 1. The van der Waals surface area contributed by atoms with E-state index in [0.717, 1.165) is 0 Å². The van der Waals surface area contributed by atoms with E-state index in [1.165, 1.54) is 41.6 Å². The number of nitrogens with two attached hydrogens (primary N) is 1. The van der Waals surface area contributed by atoms with Crippen molar-refractivity contribution in [1.82, 2.24) is 19.7 Å². The van der Waals surface area contributed by atoms with Crippen LogP contribution in [0.25, 0.3) is 0 Å². The minimum atomic E-state index is -1.07. The molecule has 1 aliphatic heterocycles. The smallest absolute Gasteiger partial charge is 0.244 e. The van der Waals surface area contributed by atoms with Gasteiger partial charge in [-0.1, -0.05) is 0 Å². The van der Waals surface area contributed by atoms with Crippen LogP contribution in [0.2, 0.25) is 0 Å². The maximum absolute atomic E-state index is 13.0. The first-order valence-electron chi connectivity index (χ1n) is 8.37. The van der Waals surface area contributed by atoms with Gasteiger partial charge in [0.15, 0.2) is 0 Å². The zero-order valence-corrected chi connectivity index (χ0v) is 14.6. The van der Waals surface area contributed by atoms with E-state index in [1.807, 2.05) is 0 Å². The number of ether oxygens (including phenoxy) is 2. The lowest BCUT2D eigenvalue weighted by molar-refractivity contribution is -0.162. The molecule has 0 aliphatic carbocycles. The second kappa shape index (κ2) is 8.12. The predicted octanol–water partition coefficient (Wildman–Crippen LogP) is -0.0308. The molecule has 2 N–H and O–H groups in total. The Hall–Kier alpha value is -3.01. The third-order valence-electron chi connectivity index (χ3n) is 4.18. The van der Waals surface area contributed by atoms with Crippen LogP contribution in [0.15, 0.2) is 36.9 Å². The molecule has 9 nitrogen and oxygen atoms in total. The zero-order valence-electron chi connectivity index (χ0n) is 14.6. The van der Waals surface area contributed by atoms with E-state index in [4.69, 9.17) is 15.2 Å². The highest BCUT2D eigenvalue weighted by Gasteiger charge is 2.41. The van der Waals surface area contributed by atoms with Gasteiger partial charge in [-0.3, -0.25) is 9.59 Å². The number of nitrogens with zero attached hydrogens (tertiary/aromatic N) is 4.